The van der Waals surface area contributed by atoms with E-state index in [0.717, 1.165) is 36.3 Å². The molecule has 1 fully saturated rings. The number of benzene rings is 1. The van der Waals surface area contributed by atoms with E-state index in [1.165, 1.54) is 11.3 Å². The molecule has 6 nitrogen and oxygen atoms in total. The third-order valence-corrected chi connectivity index (χ3v) is 6.53. The summed E-state index contributed by atoms with van der Waals surface area (Å²) in [7, 11) is -3.54. The number of rotatable bonds is 4. The zero-order valence-electron chi connectivity index (χ0n) is 12.2. The van der Waals surface area contributed by atoms with E-state index < -0.39 is 10.0 Å². The molecule has 3 aromatic rings. The predicted octanol–water partition coefficient (Wildman–Crippen LogP) is 3.28. The van der Waals surface area contributed by atoms with Crippen LogP contribution in [0.5, 0.6) is 0 Å². The first-order chi connectivity index (χ1) is 11.1. The monoisotopic (exact) mass is 349 g/mol. The number of hydrogen-bond donors (Lipinski definition) is 2. The normalized spacial score (nSPS) is 18.5. The molecule has 120 valence electrons. The van der Waals surface area contributed by atoms with Crippen LogP contribution >= 0.6 is 11.3 Å². The van der Waals surface area contributed by atoms with Crippen LogP contribution < -0.4 is 4.72 Å². The van der Waals surface area contributed by atoms with Crippen molar-refractivity contribution in [2.24, 2.45) is 0 Å². The Morgan fingerprint density at radius 1 is 1.35 bits per heavy atom. The molecule has 1 aliphatic heterocycles. The van der Waals surface area contributed by atoms with Gasteiger partial charge >= 0.3 is 0 Å². The highest BCUT2D eigenvalue weighted by Gasteiger charge is 2.21. The highest BCUT2D eigenvalue weighted by Crippen LogP contribution is 2.29. The number of aromatic amines is 1. The largest absolute Gasteiger partial charge is 0.370 e. The van der Waals surface area contributed by atoms with Crippen LogP contribution in [-0.4, -0.2) is 25.0 Å². The number of sulfonamides is 1. The summed E-state index contributed by atoms with van der Waals surface area (Å²) in [5, 5.41) is 1.74. The van der Waals surface area contributed by atoms with Crippen molar-refractivity contribution >= 4 is 38.1 Å². The standard InChI is InChI=1S/C15H15N3O3S2/c19-23(20,14-4-2-8-22-14)18-10-5-6-11-12(9-10)17-15(16-11)13-3-1-7-21-13/h2,4-6,8-9,13,18H,1,3,7H2,(H,16,17)/t13-/m1/s1. The Hall–Kier alpha value is -1.90. The number of nitrogens with zero attached hydrogens (tertiary/aromatic N) is 1. The highest BCUT2D eigenvalue weighted by molar-refractivity contribution is 7.94. The van der Waals surface area contributed by atoms with Gasteiger partial charge in [0, 0.05) is 6.61 Å². The van der Waals surface area contributed by atoms with E-state index in [9.17, 15) is 8.42 Å². The van der Waals surface area contributed by atoms with Crippen molar-refractivity contribution in [2.45, 2.75) is 23.2 Å². The van der Waals surface area contributed by atoms with Crippen molar-refractivity contribution in [3.8, 4) is 0 Å². The average Bonchev–Trinajstić information content (AvgIpc) is 3.26. The number of fused-ring (bicyclic) bond motifs is 1. The van der Waals surface area contributed by atoms with E-state index in [2.05, 4.69) is 14.7 Å². The molecule has 2 N–H and O–H groups in total. The third-order valence-electron chi connectivity index (χ3n) is 3.75. The lowest BCUT2D eigenvalue weighted by molar-refractivity contribution is 0.106. The number of imidazole rings is 1. The molecule has 23 heavy (non-hydrogen) atoms. The molecule has 0 amide bonds. The Kier molecular flexibility index (Phi) is 3.59. The molecule has 4 rings (SSSR count). The second-order valence-corrected chi connectivity index (χ2v) is 8.25. The van der Waals surface area contributed by atoms with Gasteiger partial charge in [0.15, 0.2) is 0 Å². The number of ether oxygens (including phenoxy) is 1. The summed E-state index contributed by atoms with van der Waals surface area (Å²) in [4.78, 5) is 7.76. The maximum atomic E-state index is 12.3. The number of anilines is 1. The molecule has 8 heteroatoms. The van der Waals surface area contributed by atoms with Crippen molar-refractivity contribution in [2.75, 3.05) is 11.3 Å². The fourth-order valence-corrected chi connectivity index (χ4v) is 4.70. The number of aromatic nitrogens is 2. The van der Waals surface area contributed by atoms with E-state index in [1.54, 1.807) is 35.7 Å². The van der Waals surface area contributed by atoms with Crippen molar-refractivity contribution in [1.29, 1.82) is 0 Å². The van der Waals surface area contributed by atoms with Crippen LogP contribution in [0.15, 0.2) is 39.9 Å². The van der Waals surface area contributed by atoms with Gasteiger partial charge in [0.25, 0.3) is 10.0 Å². The quantitative estimate of drug-likeness (QED) is 0.757. The van der Waals surface area contributed by atoms with Crippen LogP contribution in [0, 0.1) is 0 Å². The van der Waals surface area contributed by atoms with Crippen molar-refractivity contribution in [3.05, 3.63) is 41.5 Å². The minimum Gasteiger partial charge on any atom is -0.370 e. The smallest absolute Gasteiger partial charge is 0.271 e. The molecular formula is C15H15N3O3S2. The first kappa shape index (κ1) is 14.7. The van der Waals surface area contributed by atoms with Gasteiger partial charge < -0.3 is 9.72 Å². The third kappa shape index (κ3) is 2.85. The first-order valence-corrected chi connectivity index (χ1v) is 9.66. The fourth-order valence-electron chi connectivity index (χ4n) is 2.66. The van der Waals surface area contributed by atoms with E-state index in [1.807, 2.05) is 0 Å². The summed E-state index contributed by atoms with van der Waals surface area (Å²) in [5.74, 6) is 0.802. The zero-order valence-corrected chi connectivity index (χ0v) is 13.8. The van der Waals surface area contributed by atoms with Gasteiger partial charge in [-0.05, 0) is 42.5 Å². The molecule has 0 radical (unpaired) electrons. The lowest BCUT2D eigenvalue weighted by atomic mass is 10.2. The van der Waals surface area contributed by atoms with Crippen molar-refractivity contribution in [3.63, 3.8) is 0 Å². The lowest BCUT2D eigenvalue weighted by Crippen LogP contribution is -2.11. The molecule has 0 unspecified atom stereocenters. The summed E-state index contributed by atoms with van der Waals surface area (Å²) < 4.78 is 33.0. The van der Waals surface area contributed by atoms with E-state index in [4.69, 9.17) is 4.74 Å². The van der Waals surface area contributed by atoms with Gasteiger partial charge in [-0.1, -0.05) is 6.07 Å². The molecule has 0 spiro atoms. The minimum atomic E-state index is -3.54. The van der Waals surface area contributed by atoms with Crippen LogP contribution in [-0.2, 0) is 14.8 Å². The van der Waals surface area contributed by atoms with Gasteiger partial charge in [-0.3, -0.25) is 4.72 Å². The summed E-state index contributed by atoms with van der Waals surface area (Å²) in [6.07, 6.45) is 2.00. The van der Waals surface area contributed by atoms with Gasteiger partial charge in [0.05, 0.1) is 16.7 Å². The number of hydrogen-bond acceptors (Lipinski definition) is 5. The molecule has 3 heterocycles. The van der Waals surface area contributed by atoms with Gasteiger partial charge in [0.2, 0.25) is 0 Å². The topological polar surface area (TPSA) is 84.1 Å². The molecular weight excluding hydrogens is 334 g/mol. The van der Waals surface area contributed by atoms with Crippen molar-refractivity contribution < 1.29 is 13.2 Å². The van der Waals surface area contributed by atoms with Gasteiger partial charge in [0.1, 0.15) is 16.1 Å². The van der Waals surface area contributed by atoms with Gasteiger partial charge in [-0.25, -0.2) is 13.4 Å². The molecule has 1 atom stereocenters. The average molecular weight is 349 g/mol. The second kappa shape index (κ2) is 5.63. The predicted molar refractivity (Wildman–Crippen MR) is 89.1 cm³/mol. The zero-order chi connectivity index (χ0) is 15.9. The Bertz CT molecular complexity index is 926. The number of H-pyrrole nitrogens is 1. The van der Waals surface area contributed by atoms with Crippen molar-refractivity contribution in [1.82, 2.24) is 9.97 Å². The second-order valence-electron chi connectivity index (χ2n) is 5.39. The maximum Gasteiger partial charge on any atom is 0.271 e. The van der Waals surface area contributed by atoms with Crippen LogP contribution in [0.4, 0.5) is 5.69 Å². The number of thiophene rings is 1. The van der Waals surface area contributed by atoms with Gasteiger partial charge in [-0.2, -0.15) is 0 Å². The Morgan fingerprint density at radius 3 is 3.00 bits per heavy atom. The van der Waals surface area contributed by atoms with Crippen LogP contribution in [0.2, 0.25) is 0 Å². The fraction of sp³-hybridized carbons (Fsp3) is 0.267. The molecule has 0 saturated carbocycles. The SMILES string of the molecule is O=S(=O)(Nc1ccc2nc([C@H]3CCCO3)[nH]c2c1)c1cccs1. The summed E-state index contributed by atoms with van der Waals surface area (Å²) in [6.45, 7) is 0.758. The molecule has 1 saturated heterocycles. The van der Waals surface area contributed by atoms with Crippen LogP contribution in [0.3, 0.4) is 0 Å². The highest BCUT2D eigenvalue weighted by atomic mass is 32.2. The van der Waals surface area contributed by atoms with Crippen LogP contribution in [0.25, 0.3) is 11.0 Å². The number of nitrogens with one attached hydrogen (secondary N) is 2. The Labute approximate surface area is 137 Å². The van der Waals surface area contributed by atoms with E-state index >= 15 is 0 Å². The van der Waals surface area contributed by atoms with Gasteiger partial charge in [-0.15, -0.1) is 11.3 Å². The molecule has 1 aromatic carbocycles. The molecule has 2 aromatic heterocycles. The summed E-state index contributed by atoms with van der Waals surface area (Å²) in [5.41, 5.74) is 2.10. The molecule has 0 bridgehead atoms. The Morgan fingerprint density at radius 2 is 2.26 bits per heavy atom. The molecule has 1 aliphatic rings. The maximum absolute atomic E-state index is 12.3. The lowest BCUT2D eigenvalue weighted by Gasteiger charge is -2.05. The minimum absolute atomic E-state index is 0.00802. The van der Waals surface area contributed by atoms with E-state index in [0.29, 0.717) is 9.90 Å². The summed E-state index contributed by atoms with van der Waals surface area (Å²) >= 11 is 1.19. The van der Waals surface area contributed by atoms with Crippen LogP contribution in [0.1, 0.15) is 24.8 Å². The molecule has 0 aliphatic carbocycles. The van der Waals surface area contributed by atoms with E-state index in [-0.39, 0.29) is 6.10 Å². The first-order valence-electron chi connectivity index (χ1n) is 7.29. The summed E-state index contributed by atoms with van der Waals surface area (Å²) in [6, 6.07) is 8.57. The Balaban J connectivity index is 1.64.